The van der Waals surface area contributed by atoms with Gasteiger partial charge in [0.2, 0.25) is 5.91 Å². The molecule has 7 heteroatoms. The molecule has 1 atom stereocenters. The van der Waals surface area contributed by atoms with Crippen LogP contribution in [0.15, 0.2) is 40.3 Å². The van der Waals surface area contributed by atoms with Gasteiger partial charge in [0.05, 0.1) is 18.7 Å². The van der Waals surface area contributed by atoms with Crippen molar-refractivity contribution in [2.75, 3.05) is 12.9 Å². The minimum Gasteiger partial charge on any atom is -0.497 e. The monoisotopic (exact) mass is 387 g/mol. The first-order valence-corrected chi connectivity index (χ1v) is 9.92. The number of nitrogens with one attached hydrogen (secondary N) is 1. The molecular weight excluding hydrogens is 362 g/mol. The molecule has 1 amide bonds. The van der Waals surface area contributed by atoms with E-state index >= 15 is 0 Å². The number of methoxy groups -OCH3 is 1. The average Bonchev–Trinajstić information content (AvgIpc) is 2.65. The molecule has 0 spiro atoms. The number of carbonyl (C=O) groups excluding carboxylic acids is 1. The zero-order valence-corrected chi connectivity index (χ0v) is 16.9. The molecule has 3 rings (SSSR count). The van der Waals surface area contributed by atoms with Crippen molar-refractivity contribution in [2.45, 2.75) is 44.4 Å². The van der Waals surface area contributed by atoms with Crippen LogP contribution in [0.3, 0.4) is 0 Å². The van der Waals surface area contributed by atoms with E-state index < -0.39 is 0 Å². The number of benzene rings is 1. The van der Waals surface area contributed by atoms with Crippen LogP contribution in [-0.2, 0) is 23.3 Å². The number of nitrogens with zero attached hydrogens (tertiary/aromatic N) is 2. The van der Waals surface area contributed by atoms with Gasteiger partial charge in [0.25, 0.3) is 5.56 Å². The number of hydrogen-bond acceptors (Lipinski definition) is 5. The van der Waals surface area contributed by atoms with Crippen LogP contribution >= 0.6 is 11.8 Å². The van der Waals surface area contributed by atoms with Gasteiger partial charge in [-0.3, -0.25) is 14.2 Å². The Labute approximate surface area is 163 Å². The fourth-order valence-electron chi connectivity index (χ4n) is 2.87. The Hall–Kier alpha value is -2.28. The highest BCUT2D eigenvalue weighted by molar-refractivity contribution is 7.99. The van der Waals surface area contributed by atoms with E-state index in [0.717, 1.165) is 17.0 Å². The maximum Gasteiger partial charge on any atom is 0.254 e. The smallest absolute Gasteiger partial charge is 0.254 e. The van der Waals surface area contributed by atoms with Crippen molar-refractivity contribution in [3.8, 4) is 5.75 Å². The minimum absolute atomic E-state index is 0.0530. The third kappa shape index (κ3) is 4.53. The van der Waals surface area contributed by atoms with Crippen molar-refractivity contribution in [1.29, 1.82) is 0 Å². The van der Waals surface area contributed by atoms with Gasteiger partial charge in [-0.2, -0.15) is 0 Å². The van der Waals surface area contributed by atoms with Gasteiger partial charge in [0, 0.05) is 30.3 Å². The summed E-state index contributed by atoms with van der Waals surface area (Å²) in [5.74, 6) is 1.07. The number of thioether (sulfide) groups is 1. The van der Waals surface area contributed by atoms with Gasteiger partial charge >= 0.3 is 0 Å². The molecule has 2 aromatic rings. The van der Waals surface area contributed by atoms with E-state index in [9.17, 15) is 9.59 Å². The Morgan fingerprint density at radius 1 is 1.37 bits per heavy atom. The summed E-state index contributed by atoms with van der Waals surface area (Å²) < 4.78 is 6.81. The summed E-state index contributed by atoms with van der Waals surface area (Å²) in [4.78, 5) is 29.7. The number of amides is 1. The standard InChI is InChI=1S/C20H25N3O3S/c1-20(2,3)16-9-17(24)23-11-14(12-27-19(23)22-16)18(25)21-10-13-6-5-7-15(8-13)26-4/h5-9,14H,10-12H2,1-4H3,(H,21,25). The second-order valence-electron chi connectivity index (χ2n) is 7.70. The third-order valence-electron chi connectivity index (χ3n) is 4.53. The van der Waals surface area contributed by atoms with Crippen molar-refractivity contribution in [2.24, 2.45) is 5.92 Å². The maximum absolute atomic E-state index is 12.6. The van der Waals surface area contributed by atoms with Gasteiger partial charge in [0.1, 0.15) is 5.75 Å². The molecule has 1 N–H and O–H groups in total. The lowest BCUT2D eigenvalue weighted by Crippen LogP contribution is -2.40. The SMILES string of the molecule is COc1cccc(CNC(=O)C2CSc3nc(C(C)(C)C)cc(=O)n3C2)c1. The van der Waals surface area contributed by atoms with Crippen molar-refractivity contribution in [3.63, 3.8) is 0 Å². The van der Waals surface area contributed by atoms with Crippen LogP contribution < -0.4 is 15.6 Å². The van der Waals surface area contributed by atoms with E-state index in [1.807, 2.05) is 45.0 Å². The summed E-state index contributed by atoms with van der Waals surface area (Å²) >= 11 is 1.47. The number of ether oxygens (including phenoxy) is 1. The van der Waals surface area contributed by atoms with E-state index in [1.54, 1.807) is 17.7 Å². The molecule has 0 fully saturated rings. The molecule has 144 valence electrons. The number of carbonyl (C=O) groups is 1. The third-order valence-corrected chi connectivity index (χ3v) is 5.67. The van der Waals surface area contributed by atoms with Gasteiger partial charge in [0.15, 0.2) is 5.16 Å². The summed E-state index contributed by atoms with van der Waals surface area (Å²) in [7, 11) is 1.62. The minimum atomic E-state index is -0.256. The predicted octanol–water partition coefficient (Wildman–Crippen LogP) is 2.59. The highest BCUT2D eigenvalue weighted by Crippen LogP contribution is 2.28. The number of rotatable bonds is 4. The number of fused-ring (bicyclic) bond motifs is 1. The molecule has 1 unspecified atom stereocenters. The Bertz CT molecular complexity index is 902. The molecule has 0 radical (unpaired) electrons. The highest BCUT2D eigenvalue weighted by atomic mass is 32.2. The lowest BCUT2D eigenvalue weighted by molar-refractivity contribution is -0.125. The molecule has 1 aromatic carbocycles. The van der Waals surface area contributed by atoms with E-state index in [4.69, 9.17) is 4.74 Å². The topological polar surface area (TPSA) is 73.2 Å². The van der Waals surface area contributed by atoms with Crippen LogP contribution in [0.25, 0.3) is 0 Å². The van der Waals surface area contributed by atoms with Crippen LogP contribution in [0.5, 0.6) is 5.75 Å². The van der Waals surface area contributed by atoms with Crippen molar-refractivity contribution < 1.29 is 9.53 Å². The first kappa shape index (κ1) is 19.5. The van der Waals surface area contributed by atoms with E-state index in [2.05, 4.69) is 10.3 Å². The van der Waals surface area contributed by atoms with Crippen LogP contribution in [0.1, 0.15) is 32.0 Å². The van der Waals surface area contributed by atoms with E-state index in [1.165, 1.54) is 11.8 Å². The summed E-state index contributed by atoms with van der Waals surface area (Å²) in [6, 6.07) is 9.18. The Morgan fingerprint density at radius 3 is 2.85 bits per heavy atom. The molecule has 6 nitrogen and oxygen atoms in total. The van der Waals surface area contributed by atoms with Crippen LogP contribution in [0, 0.1) is 5.92 Å². The molecule has 0 saturated heterocycles. The quantitative estimate of drug-likeness (QED) is 0.817. The van der Waals surface area contributed by atoms with Crippen LogP contribution in [-0.4, -0.2) is 28.3 Å². The molecule has 1 aliphatic rings. The van der Waals surface area contributed by atoms with E-state index in [-0.39, 0.29) is 22.8 Å². The Balaban J connectivity index is 1.68. The summed E-state index contributed by atoms with van der Waals surface area (Å²) in [6.07, 6.45) is 0. The lowest BCUT2D eigenvalue weighted by Gasteiger charge is -2.26. The Morgan fingerprint density at radius 2 is 2.15 bits per heavy atom. The molecule has 0 saturated carbocycles. The predicted molar refractivity (Wildman–Crippen MR) is 106 cm³/mol. The zero-order chi connectivity index (χ0) is 19.6. The number of hydrogen-bond donors (Lipinski definition) is 1. The fourth-order valence-corrected chi connectivity index (χ4v) is 3.96. The molecule has 0 bridgehead atoms. The van der Waals surface area contributed by atoms with Crippen LogP contribution in [0.4, 0.5) is 0 Å². The Kier molecular flexibility index (Phi) is 5.60. The fraction of sp³-hybridized carbons (Fsp3) is 0.450. The van der Waals surface area contributed by atoms with Gasteiger partial charge in [-0.05, 0) is 17.7 Å². The number of aromatic nitrogens is 2. The van der Waals surface area contributed by atoms with E-state index in [0.29, 0.717) is 24.0 Å². The van der Waals surface area contributed by atoms with Crippen LogP contribution in [0.2, 0.25) is 0 Å². The van der Waals surface area contributed by atoms with Gasteiger partial charge in [-0.25, -0.2) is 4.98 Å². The van der Waals surface area contributed by atoms with Crippen molar-refractivity contribution in [1.82, 2.24) is 14.9 Å². The van der Waals surface area contributed by atoms with Gasteiger partial charge < -0.3 is 10.1 Å². The highest BCUT2D eigenvalue weighted by Gasteiger charge is 2.28. The molecule has 2 heterocycles. The summed E-state index contributed by atoms with van der Waals surface area (Å²) in [5, 5.41) is 3.66. The maximum atomic E-state index is 12.6. The second-order valence-corrected chi connectivity index (χ2v) is 8.69. The summed E-state index contributed by atoms with van der Waals surface area (Å²) in [5.41, 5.74) is 1.48. The van der Waals surface area contributed by atoms with Gasteiger partial charge in [-0.15, -0.1) is 0 Å². The summed E-state index contributed by atoms with van der Waals surface area (Å²) in [6.45, 7) is 6.90. The van der Waals surface area contributed by atoms with Gasteiger partial charge in [-0.1, -0.05) is 44.7 Å². The molecule has 0 aliphatic carbocycles. The van der Waals surface area contributed by atoms with Crippen molar-refractivity contribution >= 4 is 17.7 Å². The molecule has 27 heavy (non-hydrogen) atoms. The largest absolute Gasteiger partial charge is 0.497 e. The average molecular weight is 388 g/mol. The lowest BCUT2D eigenvalue weighted by atomic mass is 9.92. The first-order chi connectivity index (χ1) is 12.8. The normalized spacial score (nSPS) is 16.5. The molecule has 1 aliphatic heterocycles. The zero-order valence-electron chi connectivity index (χ0n) is 16.1. The second kappa shape index (κ2) is 7.76. The first-order valence-electron chi connectivity index (χ1n) is 8.94. The molecular formula is C20H25N3O3S. The van der Waals surface area contributed by atoms with Crippen molar-refractivity contribution in [3.05, 3.63) is 51.9 Å². The molecule has 1 aromatic heterocycles.